The molecule has 1 aromatic rings. The molecule has 0 saturated heterocycles. The average Bonchev–Trinajstić information content (AvgIpc) is 2.01. The fraction of sp³-hybridized carbons (Fsp3) is 0.143. The molecule has 0 aliphatic carbocycles. The minimum atomic E-state index is -3.08. The normalized spacial score (nSPS) is 10.6. The summed E-state index contributed by atoms with van der Waals surface area (Å²) in [6.07, 6.45) is -3.08. The number of benzene rings is 1. The van der Waals surface area contributed by atoms with Crippen molar-refractivity contribution in [2.24, 2.45) is 0 Å². The fourth-order valence-corrected chi connectivity index (χ4v) is 1.39. The first kappa shape index (κ1) is 11.0. The van der Waals surface area contributed by atoms with Gasteiger partial charge in [-0.1, -0.05) is 15.9 Å². The van der Waals surface area contributed by atoms with Gasteiger partial charge in [-0.2, -0.15) is 4.39 Å². The molecule has 0 N–H and O–H groups in total. The number of nitro groups is 1. The summed E-state index contributed by atoms with van der Waals surface area (Å²) < 4.78 is 37.5. The molecule has 0 saturated carbocycles. The first-order valence-electron chi connectivity index (χ1n) is 3.35. The maximum atomic E-state index is 12.9. The van der Waals surface area contributed by atoms with Gasteiger partial charge in [0.2, 0.25) is 5.82 Å². The first-order chi connectivity index (χ1) is 6.43. The second-order valence-corrected chi connectivity index (χ2v) is 3.30. The highest BCUT2D eigenvalue weighted by atomic mass is 79.9. The number of nitrogens with zero attached hydrogens (tertiary/aromatic N) is 1. The van der Waals surface area contributed by atoms with Crippen LogP contribution in [0.1, 0.15) is 12.0 Å². The van der Waals surface area contributed by atoms with Crippen molar-refractivity contribution in [3.05, 3.63) is 38.1 Å². The molecule has 0 aromatic heterocycles. The third kappa shape index (κ3) is 2.03. The summed E-state index contributed by atoms with van der Waals surface area (Å²) in [6.45, 7) is 0. The Morgan fingerprint density at radius 2 is 2.00 bits per heavy atom. The number of halogens is 4. The lowest BCUT2D eigenvalue weighted by molar-refractivity contribution is -0.389. The Morgan fingerprint density at radius 3 is 2.43 bits per heavy atom. The van der Waals surface area contributed by atoms with Gasteiger partial charge in [0.15, 0.2) is 0 Å². The van der Waals surface area contributed by atoms with E-state index in [2.05, 4.69) is 15.9 Å². The number of nitro benzene ring substituents is 1. The van der Waals surface area contributed by atoms with Gasteiger partial charge in [0, 0.05) is 4.47 Å². The maximum absolute atomic E-state index is 12.9. The van der Waals surface area contributed by atoms with Crippen LogP contribution in [0.2, 0.25) is 0 Å². The lowest BCUT2D eigenvalue weighted by Crippen LogP contribution is -1.99. The van der Waals surface area contributed by atoms with Crippen LogP contribution in [0.5, 0.6) is 0 Å². The van der Waals surface area contributed by atoms with E-state index in [0.717, 1.165) is 12.1 Å². The Morgan fingerprint density at radius 1 is 1.43 bits per heavy atom. The van der Waals surface area contributed by atoms with Crippen LogP contribution in [0.25, 0.3) is 0 Å². The van der Waals surface area contributed by atoms with Crippen LogP contribution < -0.4 is 0 Å². The van der Waals surface area contributed by atoms with Crippen molar-refractivity contribution in [3.8, 4) is 0 Å². The van der Waals surface area contributed by atoms with E-state index in [-0.39, 0.29) is 4.47 Å². The zero-order valence-corrected chi connectivity index (χ0v) is 8.09. The molecule has 0 bridgehead atoms. The maximum Gasteiger partial charge on any atom is 0.313 e. The van der Waals surface area contributed by atoms with Gasteiger partial charge in [-0.15, -0.1) is 0 Å². The standard InChI is InChI=1S/C7H3BrF3NO2/c8-3-1-4(7(10)11)6(12(13)14)5(9)2-3/h1-2,7H. The van der Waals surface area contributed by atoms with Gasteiger partial charge in [0.25, 0.3) is 6.43 Å². The minimum absolute atomic E-state index is 0.0379. The highest BCUT2D eigenvalue weighted by Gasteiger charge is 2.26. The second-order valence-electron chi connectivity index (χ2n) is 2.38. The number of rotatable bonds is 2. The third-order valence-corrected chi connectivity index (χ3v) is 1.93. The fourth-order valence-electron chi connectivity index (χ4n) is 0.945. The molecule has 1 aromatic carbocycles. The van der Waals surface area contributed by atoms with Gasteiger partial charge in [-0.25, -0.2) is 8.78 Å². The lowest BCUT2D eigenvalue weighted by atomic mass is 10.2. The first-order valence-corrected chi connectivity index (χ1v) is 4.14. The molecule has 0 spiro atoms. The summed E-state index contributed by atoms with van der Waals surface area (Å²) in [7, 11) is 0. The predicted octanol–water partition coefficient (Wildman–Crippen LogP) is 3.43. The Kier molecular flexibility index (Phi) is 3.10. The predicted molar refractivity (Wildman–Crippen MR) is 45.7 cm³/mol. The Bertz CT molecular complexity index is 383. The molecule has 0 aliphatic heterocycles. The summed E-state index contributed by atoms with van der Waals surface area (Å²) >= 11 is 2.77. The van der Waals surface area contributed by atoms with E-state index >= 15 is 0 Å². The van der Waals surface area contributed by atoms with Crippen molar-refractivity contribution in [2.75, 3.05) is 0 Å². The molecule has 1 rings (SSSR count). The number of hydrogen-bond acceptors (Lipinski definition) is 2. The summed E-state index contributed by atoms with van der Waals surface area (Å²) in [5.74, 6) is -1.28. The van der Waals surface area contributed by atoms with Crippen molar-refractivity contribution in [1.82, 2.24) is 0 Å². The Hall–Kier alpha value is -1.11. The molecule has 3 nitrogen and oxygen atoms in total. The van der Waals surface area contributed by atoms with E-state index in [4.69, 9.17) is 0 Å². The van der Waals surface area contributed by atoms with Crippen molar-refractivity contribution in [3.63, 3.8) is 0 Å². The largest absolute Gasteiger partial charge is 0.313 e. The smallest absolute Gasteiger partial charge is 0.258 e. The summed E-state index contributed by atoms with van der Waals surface area (Å²) in [4.78, 5) is 9.11. The topological polar surface area (TPSA) is 43.1 Å². The van der Waals surface area contributed by atoms with E-state index in [0.29, 0.717) is 0 Å². The van der Waals surface area contributed by atoms with Gasteiger partial charge in [0.05, 0.1) is 10.5 Å². The highest BCUT2D eigenvalue weighted by molar-refractivity contribution is 9.10. The molecule has 0 radical (unpaired) electrons. The van der Waals surface area contributed by atoms with E-state index in [9.17, 15) is 23.3 Å². The van der Waals surface area contributed by atoms with Crippen molar-refractivity contribution in [2.45, 2.75) is 6.43 Å². The monoisotopic (exact) mass is 269 g/mol. The molecule has 7 heteroatoms. The summed E-state index contributed by atoms with van der Waals surface area (Å²) in [5, 5.41) is 10.3. The summed E-state index contributed by atoms with van der Waals surface area (Å²) in [5.41, 5.74) is -2.11. The number of hydrogen-bond donors (Lipinski definition) is 0. The van der Waals surface area contributed by atoms with Gasteiger partial charge >= 0.3 is 5.69 Å². The van der Waals surface area contributed by atoms with Crippen LogP contribution in [-0.2, 0) is 0 Å². The minimum Gasteiger partial charge on any atom is -0.258 e. The summed E-state index contributed by atoms with van der Waals surface area (Å²) in [6, 6.07) is 1.59. The molecule has 0 fully saturated rings. The van der Waals surface area contributed by atoms with Crippen molar-refractivity contribution in [1.29, 1.82) is 0 Å². The van der Waals surface area contributed by atoms with E-state index < -0.39 is 28.4 Å². The van der Waals surface area contributed by atoms with E-state index in [1.165, 1.54) is 0 Å². The molecule has 0 atom stereocenters. The molecule has 14 heavy (non-hydrogen) atoms. The zero-order valence-electron chi connectivity index (χ0n) is 6.51. The molecule has 0 aliphatic rings. The second kappa shape index (κ2) is 3.95. The quantitative estimate of drug-likeness (QED) is 0.610. The van der Waals surface area contributed by atoms with Gasteiger partial charge in [0.1, 0.15) is 0 Å². The Labute approximate surface area is 84.8 Å². The Balaban J connectivity index is 3.44. The molecule has 76 valence electrons. The van der Waals surface area contributed by atoms with E-state index in [1.807, 2.05) is 0 Å². The molecule has 0 unspecified atom stereocenters. The van der Waals surface area contributed by atoms with Crippen LogP contribution in [0.3, 0.4) is 0 Å². The van der Waals surface area contributed by atoms with Crippen LogP contribution >= 0.6 is 15.9 Å². The third-order valence-electron chi connectivity index (χ3n) is 1.48. The van der Waals surface area contributed by atoms with Crippen LogP contribution in [0.15, 0.2) is 16.6 Å². The SMILES string of the molecule is O=[N+]([O-])c1c(F)cc(Br)cc1C(F)F. The van der Waals surface area contributed by atoms with Crippen molar-refractivity contribution < 1.29 is 18.1 Å². The average molecular weight is 270 g/mol. The van der Waals surface area contributed by atoms with Crippen LogP contribution in [-0.4, -0.2) is 4.92 Å². The molecule has 0 heterocycles. The highest BCUT2D eigenvalue weighted by Crippen LogP contribution is 2.33. The van der Waals surface area contributed by atoms with Crippen molar-refractivity contribution >= 4 is 21.6 Å². The van der Waals surface area contributed by atoms with Crippen LogP contribution in [0.4, 0.5) is 18.9 Å². The van der Waals surface area contributed by atoms with Gasteiger partial charge in [-0.3, -0.25) is 10.1 Å². The van der Waals surface area contributed by atoms with Crippen LogP contribution in [0, 0.1) is 15.9 Å². The number of alkyl halides is 2. The van der Waals surface area contributed by atoms with Gasteiger partial charge < -0.3 is 0 Å². The van der Waals surface area contributed by atoms with Gasteiger partial charge in [-0.05, 0) is 12.1 Å². The van der Waals surface area contributed by atoms with E-state index in [1.54, 1.807) is 0 Å². The lowest BCUT2D eigenvalue weighted by Gasteiger charge is -2.02. The molecule has 0 amide bonds. The molecular formula is C7H3BrF3NO2. The molecular weight excluding hydrogens is 267 g/mol. The zero-order chi connectivity index (χ0) is 10.9.